The normalized spacial score (nSPS) is 15.9. The third kappa shape index (κ3) is 5.80. The van der Waals surface area contributed by atoms with E-state index in [2.05, 4.69) is 108 Å². The van der Waals surface area contributed by atoms with Crippen LogP contribution < -0.4 is 9.80 Å². The zero-order valence-electron chi connectivity index (χ0n) is 26.9. The smallest absolute Gasteiger partial charge is 0.227 e. The summed E-state index contributed by atoms with van der Waals surface area (Å²) >= 11 is 0. The molecule has 5 heteroatoms. The van der Waals surface area contributed by atoms with Crippen molar-refractivity contribution in [3.05, 3.63) is 90.1 Å². The fourth-order valence-corrected chi connectivity index (χ4v) is 6.58. The molecule has 2 amide bonds. The third-order valence-electron chi connectivity index (χ3n) is 8.92. The number of pyridine rings is 1. The summed E-state index contributed by atoms with van der Waals surface area (Å²) in [6.07, 6.45) is 4.88. The van der Waals surface area contributed by atoms with E-state index in [1.807, 2.05) is 22.1 Å². The summed E-state index contributed by atoms with van der Waals surface area (Å²) in [5, 5.41) is 0. The van der Waals surface area contributed by atoms with Crippen LogP contribution in [0, 0.1) is 0 Å². The van der Waals surface area contributed by atoms with Crippen LogP contribution in [0.1, 0.15) is 78.4 Å². The molecule has 2 fully saturated rings. The Balaban J connectivity index is 1.33. The molecule has 3 heterocycles. The molecular weight excluding hydrogens is 542 g/mol. The van der Waals surface area contributed by atoms with Crippen molar-refractivity contribution < 1.29 is 9.59 Å². The van der Waals surface area contributed by atoms with Crippen LogP contribution in [0.5, 0.6) is 0 Å². The lowest BCUT2D eigenvalue weighted by molar-refractivity contribution is -0.117. The number of carbonyl (C=O) groups is 2. The van der Waals surface area contributed by atoms with Gasteiger partial charge in [-0.25, -0.2) is 0 Å². The van der Waals surface area contributed by atoms with E-state index in [-0.39, 0.29) is 22.6 Å². The van der Waals surface area contributed by atoms with Gasteiger partial charge in [-0.15, -0.1) is 0 Å². The Morgan fingerprint density at radius 3 is 1.52 bits per heavy atom. The number of hydrogen-bond donors (Lipinski definition) is 0. The summed E-state index contributed by atoms with van der Waals surface area (Å²) in [4.78, 5) is 33.9. The number of anilines is 2. The maximum absolute atomic E-state index is 12.6. The van der Waals surface area contributed by atoms with Crippen LogP contribution >= 0.6 is 0 Å². The number of amides is 2. The molecule has 2 aliphatic rings. The molecule has 0 N–H and O–H groups in total. The maximum Gasteiger partial charge on any atom is 0.227 e. The summed E-state index contributed by atoms with van der Waals surface area (Å²) in [7, 11) is 0. The first-order valence-electron chi connectivity index (χ1n) is 15.9. The van der Waals surface area contributed by atoms with Gasteiger partial charge in [-0.3, -0.25) is 14.6 Å². The highest BCUT2D eigenvalue weighted by molar-refractivity contribution is 6.00. The Bertz CT molecular complexity index is 1630. The van der Waals surface area contributed by atoms with Crippen molar-refractivity contribution in [2.45, 2.75) is 78.1 Å². The first-order chi connectivity index (χ1) is 20.9. The molecule has 2 aliphatic heterocycles. The Labute approximate surface area is 261 Å². The highest BCUT2D eigenvalue weighted by Crippen LogP contribution is 2.41. The minimum absolute atomic E-state index is 0.00634. The summed E-state index contributed by atoms with van der Waals surface area (Å²) < 4.78 is 0. The van der Waals surface area contributed by atoms with Crippen molar-refractivity contribution in [1.29, 1.82) is 0 Å². The number of carbonyl (C=O) groups excluding carboxylic acids is 2. The predicted octanol–water partition coefficient (Wildman–Crippen LogP) is 8.93. The molecule has 0 atom stereocenters. The van der Waals surface area contributed by atoms with Crippen LogP contribution in [0.15, 0.2) is 79.0 Å². The van der Waals surface area contributed by atoms with Gasteiger partial charge < -0.3 is 9.80 Å². The first-order valence-corrected chi connectivity index (χ1v) is 15.9. The second-order valence-corrected chi connectivity index (χ2v) is 14.3. The molecular formula is C39H43N3O2. The third-order valence-corrected chi connectivity index (χ3v) is 8.92. The molecule has 0 saturated carbocycles. The van der Waals surface area contributed by atoms with Crippen LogP contribution in [0.2, 0.25) is 0 Å². The average molecular weight is 586 g/mol. The molecule has 0 aliphatic carbocycles. The Morgan fingerprint density at radius 2 is 1.09 bits per heavy atom. The van der Waals surface area contributed by atoms with E-state index in [1.54, 1.807) is 0 Å². The predicted molar refractivity (Wildman–Crippen MR) is 181 cm³/mol. The van der Waals surface area contributed by atoms with E-state index in [1.165, 1.54) is 16.7 Å². The van der Waals surface area contributed by atoms with Crippen molar-refractivity contribution in [3.63, 3.8) is 0 Å². The molecule has 0 spiro atoms. The number of benzene rings is 3. The molecule has 1 aromatic heterocycles. The van der Waals surface area contributed by atoms with Gasteiger partial charge >= 0.3 is 0 Å². The fraction of sp³-hybridized carbons (Fsp3) is 0.359. The average Bonchev–Trinajstić information content (AvgIpc) is 3.63. The van der Waals surface area contributed by atoms with Crippen molar-refractivity contribution in [2.75, 3.05) is 22.9 Å². The molecule has 6 rings (SSSR count). The highest BCUT2D eigenvalue weighted by Gasteiger charge is 2.28. The molecule has 0 bridgehead atoms. The number of nitrogens with zero attached hydrogens (tertiary/aromatic N) is 3. The molecule has 3 aromatic carbocycles. The molecule has 0 unspecified atom stereocenters. The maximum atomic E-state index is 12.6. The van der Waals surface area contributed by atoms with Gasteiger partial charge in [0.25, 0.3) is 0 Å². The Morgan fingerprint density at radius 1 is 0.591 bits per heavy atom. The topological polar surface area (TPSA) is 53.5 Å². The lowest BCUT2D eigenvalue weighted by Gasteiger charge is -2.30. The highest BCUT2D eigenvalue weighted by atomic mass is 16.2. The summed E-state index contributed by atoms with van der Waals surface area (Å²) in [6, 6.07) is 25.6. The molecule has 44 heavy (non-hydrogen) atoms. The molecule has 5 nitrogen and oxygen atoms in total. The quantitative estimate of drug-likeness (QED) is 0.235. The first kappa shape index (κ1) is 29.8. The van der Waals surface area contributed by atoms with Gasteiger partial charge in [-0.2, -0.15) is 0 Å². The van der Waals surface area contributed by atoms with Gasteiger partial charge in [-0.1, -0.05) is 90.1 Å². The second-order valence-electron chi connectivity index (χ2n) is 14.3. The van der Waals surface area contributed by atoms with Crippen LogP contribution in [0.25, 0.3) is 33.5 Å². The minimum atomic E-state index is 0.00634. The molecule has 4 aromatic rings. The van der Waals surface area contributed by atoms with Crippen LogP contribution in [0.4, 0.5) is 11.4 Å². The van der Waals surface area contributed by atoms with Crippen molar-refractivity contribution in [1.82, 2.24) is 4.98 Å². The summed E-state index contributed by atoms with van der Waals surface area (Å²) in [5.74, 6) is 0.288. The Kier molecular flexibility index (Phi) is 7.69. The van der Waals surface area contributed by atoms with Gasteiger partial charge in [0.05, 0.1) is 5.69 Å². The van der Waals surface area contributed by atoms with E-state index in [0.29, 0.717) is 25.9 Å². The lowest BCUT2D eigenvalue weighted by Crippen LogP contribution is -2.26. The van der Waals surface area contributed by atoms with Crippen molar-refractivity contribution in [3.8, 4) is 33.5 Å². The van der Waals surface area contributed by atoms with Crippen molar-refractivity contribution in [2.24, 2.45) is 0 Å². The second kappa shape index (κ2) is 11.4. The lowest BCUT2D eigenvalue weighted by atomic mass is 9.74. The van der Waals surface area contributed by atoms with Gasteiger partial charge in [0, 0.05) is 54.6 Å². The van der Waals surface area contributed by atoms with E-state index < -0.39 is 0 Å². The largest absolute Gasteiger partial charge is 0.312 e. The monoisotopic (exact) mass is 585 g/mol. The molecule has 0 radical (unpaired) electrons. The summed E-state index contributed by atoms with van der Waals surface area (Å²) in [6.45, 7) is 15.1. The van der Waals surface area contributed by atoms with Gasteiger partial charge in [0.1, 0.15) is 0 Å². The SMILES string of the molecule is CC(C)(C)c1cccc(C(C)(C)C)c1-c1ccc(-c2ccc(-c3cc(N4CCCC4=O)cc(N4CCCC4=O)c3)cc2)nc1. The zero-order valence-corrected chi connectivity index (χ0v) is 26.9. The van der Waals surface area contributed by atoms with E-state index in [9.17, 15) is 9.59 Å². The number of hydrogen-bond acceptors (Lipinski definition) is 3. The van der Waals surface area contributed by atoms with E-state index in [0.717, 1.165) is 52.2 Å². The van der Waals surface area contributed by atoms with Gasteiger partial charge in [-0.05, 0) is 75.8 Å². The van der Waals surface area contributed by atoms with Crippen LogP contribution in [-0.4, -0.2) is 29.9 Å². The zero-order chi connectivity index (χ0) is 31.2. The number of aromatic nitrogens is 1. The van der Waals surface area contributed by atoms with E-state index >= 15 is 0 Å². The summed E-state index contributed by atoms with van der Waals surface area (Å²) in [5.41, 5.74) is 10.8. The van der Waals surface area contributed by atoms with E-state index in [4.69, 9.17) is 4.98 Å². The van der Waals surface area contributed by atoms with Gasteiger partial charge in [0.15, 0.2) is 0 Å². The minimum Gasteiger partial charge on any atom is -0.312 e. The molecule has 226 valence electrons. The standard InChI is InChI=1S/C39H43N3O2/c1-38(2,3)32-10-7-11-33(39(4,5)6)37(32)28-18-19-34(40-25-28)27-16-14-26(15-17-27)29-22-30(41-20-8-12-35(41)43)24-31(23-29)42-21-9-13-36(42)44/h7,10-11,14-19,22-25H,8-9,12-13,20-21H2,1-6H3. The van der Waals surface area contributed by atoms with Crippen LogP contribution in [0.3, 0.4) is 0 Å². The fourth-order valence-electron chi connectivity index (χ4n) is 6.58. The number of rotatable bonds is 5. The van der Waals surface area contributed by atoms with Gasteiger partial charge in [0.2, 0.25) is 11.8 Å². The van der Waals surface area contributed by atoms with Crippen LogP contribution in [-0.2, 0) is 20.4 Å². The molecule has 2 saturated heterocycles. The van der Waals surface area contributed by atoms with Crippen molar-refractivity contribution >= 4 is 23.2 Å². The Hall–Kier alpha value is -4.25.